The summed E-state index contributed by atoms with van der Waals surface area (Å²) in [5.41, 5.74) is -0.846. The minimum atomic E-state index is -1.18. The zero-order chi connectivity index (χ0) is 24.6. The van der Waals surface area contributed by atoms with E-state index in [4.69, 9.17) is 4.42 Å². The van der Waals surface area contributed by atoms with Crippen LogP contribution in [0.5, 0.6) is 0 Å². The second kappa shape index (κ2) is 7.29. The van der Waals surface area contributed by atoms with Crippen LogP contribution in [0.3, 0.4) is 0 Å². The van der Waals surface area contributed by atoms with Crippen LogP contribution in [0.4, 0.5) is 5.69 Å². The molecule has 0 radical (unpaired) electrons. The van der Waals surface area contributed by atoms with Crippen molar-refractivity contribution in [3.63, 3.8) is 0 Å². The Kier molecular flexibility index (Phi) is 4.50. The number of rotatable bonds is 3. The molecule has 3 aromatic rings. The number of carbonyl (C=O) groups excluding carboxylic acids is 2. The van der Waals surface area contributed by atoms with E-state index in [-0.39, 0.29) is 31.4 Å². The van der Waals surface area contributed by atoms with Crippen LogP contribution in [0.2, 0.25) is 0 Å². The zero-order valence-corrected chi connectivity index (χ0v) is 19.2. The summed E-state index contributed by atoms with van der Waals surface area (Å²) in [6.45, 7) is 1.63. The van der Waals surface area contributed by atoms with Crippen molar-refractivity contribution in [3.05, 3.63) is 86.6 Å². The molecular weight excluding hydrogens is 452 g/mol. The first kappa shape index (κ1) is 21.6. The second-order valence-corrected chi connectivity index (χ2v) is 9.55. The highest BCUT2D eigenvalue weighted by molar-refractivity contribution is 6.24. The quantitative estimate of drug-likeness (QED) is 0.450. The summed E-state index contributed by atoms with van der Waals surface area (Å²) < 4.78 is 9.76. The molecule has 4 atom stereocenters. The maximum absolute atomic E-state index is 14.0. The fourth-order valence-electron chi connectivity index (χ4n) is 6.15. The average Bonchev–Trinajstić information content (AvgIpc) is 3.48. The number of amides is 2. The maximum Gasteiger partial charge on any atom is 0.347 e. The number of fused-ring (bicyclic) bond motifs is 4. The Labute approximate surface area is 199 Å². The minimum Gasteiger partial charge on any atom is -0.463 e. The molecular formula is C25H24N4O6. The summed E-state index contributed by atoms with van der Waals surface area (Å²) in [6.07, 6.45) is 2.06. The number of nitrogens with zero attached hydrogens (tertiary/aromatic N) is 4. The van der Waals surface area contributed by atoms with Crippen LogP contribution < -0.4 is 16.3 Å². The summed E-state index contributed by atoms with van der Waals surface area (Å²) >= 11 is 0. The number of allylic oxidation sites excluding steroid dienone is 2. The van der Waals surface area contributed by atoms with Crippen molar-refractivity contribution >= 4 is 17.5 Å². The standard InChI is InChI=1S/C25H24N4O6/c1-25-17(21(31)28(22(25)32)14-6-4-3-5-7-14)12-18-16(20(25)19-9-8-15(13-30)35-19)10-11-27-23(33)26(2)24(34)29(18)27/h3-10,17-18,20,30H,11-13H2,1-2H3/t17-,18+,20+,25+/m0/s1. The number of hydrogen-bond acceptors (Lipinski definition) is 6. The molecule has 35 heavy (non-hydrogen) atoms. The number of aromatic nitrogens is 3. The van der Waals surface area contributed by atoms with Crippen molar-refractivity contribution in [2.24, 2.45) is 18.4 Å². The third-order valence-electron chi connectivity index (χ3n) is 7.87. The van der Waals surface area contributed by atoms with Gasteiger partial charge in [0.15, 0.2) is 0 Å². The fraction of sp³-hybridized carbons (Fsp3) is 0.360. The zero-order valence-electron chi connectivity index (χ0n) is 19.2. The van der Waals surface area contributed by atoms with Gasteiger partial charge >= 0.3 is 11.4 Å². The number of anilines is 1. The van der Waals surface area contributed by atoms with Gasteiger partial charge < -0.3 is 9.52 Å². The van der Waals surface area contributed by atoms with Crippen LogP contribution in [0, 0.1) is 11.3 Å². The third-order valence-corrected chi connectivity index (χ3v) is 7.87. The molecule has 1 saturated carbocycles. The normalized spacial score (nSPS) is 27.5. The number of carbonyl (C=O) groups is 2. The lowest BCUT2D eigenvalue weighted by atomic mass is 9.58. The Morgan fingerprint density at radius 2 is 1.80 bits per heavy atom. The van der Waals surface area contributed by atoms with Crippen LogP contribution in [0.25, 0.3) is 0 Å². The van der Waals surface area contributed by atoms with Gasteiger partial charge in [0.25, 0.3) is 0 Å². The number of aliphatic hydroxyl groups is 1. The Balaban J connectivity index is 1.58. The molecule has 6 rings (SSSR count). The van der Waals surface area contributed by atoms with Crippen molar-refractivity contribution in [2.45, 2.75) is 38.5 Å². The molecule has 4 heterocycles. The first-order chi connectivity index (χ1) is 16.8. The van der Waals surface area contributed by atoms with Gasteiger partial charge in [-0.25, -0.2) is 28.4 Å². The van der Waals surface area contributed by atoms with Crippen molar-refractivity contribution in [2.75, 3.05) is 4.90 Å². The number of imide groups is 1. The molecule has 1 aromatic carbocycles. The first-order valence-electron chi connectivity index (χ1n) is 11.5. The van der Waals surface area contributed by atoms with Crippen molar-refractivity contribution in [1.29, 1.82) is 0 Å². The van der Waals surface area contributed by atoms with E-state index >= 15 is 0 Å². The molecule has 10 heteroatoms. The van der Waals surface area contributed by atoms with Crippen LogP contribution in [-0.2, 0) is 29.8 Å². The summed E-state index contributed by atoms with van der Waals surface area (Å²) in [6, 6.07) is 11.5. The largest absolute Gasteiger partial charge is 0.463 e. The van der Waals surface area contributed by atoms with E-state index in [1.165, 1.54) is 21.3 Å². The topological polar surface area (TPSA) is 120 Å². The first-order valence-corrected chi connectivity index (χ1v) is 11.5. The summed E-state index contributed by atoms with van der Waals surface area (Å²) in [5, 5.41) is 9.59. The van der Waals surface area contributed by atoms with E-state index in [1.54, 1.807) is 43.3 Å². The minimum absolute atomic E-state index is 0.163. The predicted octanol–water partition coefficient (Wildman–Crippen LogP) is 1.30. The highest BCUT2D eigenvalue weighted by atomic mass is 16.4. The van der Waals surface area contributed by atoms with Crippen LogP contribution in [0.15, 0.2) is 68.1 Å². The van der Waals surface area contributed by atoms with Gasteiger partial charge in [0, 0.05) is 7.05 Å². The highest BCUT2D eigenvalue weighted by Crippen LogP contribution is 2.61. The van der Waals surface area contributed by atoms with Gasteiger partial charge in [-0.05, 0) is 43.2 Å². The van der Waals surface area contributed by atoms with Gasteiger partial charge in [0.1, 0.15) is 18.1 Å². The lowest BCUT2D eigenvalue weighted by Crippen LogP contribution is -2.49. The van der Waals surface area contributed by atoms with Gasteiger partial charge in [-0.1, -0.05) is 24.3 Å². The molecule has 2 fully saturated rings. The summed E-state index contributed by atoms with van der Waals surface area (Å²) in [5.74, 6) is -1.32. The van der Waals surface area contributed by atoms with E-state index in [9.17, 15) is 24.3 Å². The number of aliphatic hydroxyl groups excluding tert-OH is 1. The van der Waals surface area contributed by atoms with E-state index in [0.29, 0.717) is 17.2 Å². The average molecular weight is 476 g/mol. The molecule has 0 bridgehead atoms. The highest BCUT2D eigenvalue weighted by Gasteiger charge is 2.66. The predicted molar refractivity (Wildman–Crippen MR) is 124 cm³/mol. The summed E-state index contributed by atoms with van der Waals surface area (Å²) in [4.78, 5) is 54.7. The molecule has 2 aromatic heterocycles. The van der Waals surface area contributed by atoms with Crippen molar-refractivity contribution in [3.8, 4) is 0 Å². The molecule has 0 unspecified atom stereocenters. The van der Waals surface area contributed by atoms with Gasteiger partial charge in [-0.2, -0.15) is 0 Å². The van der Waals surface area contributed by atoms with E-state index < -0.39 is 34.7 Å². The molecule has 1 saturated heterocycles. The van der Waals surface area contributed by atoms with Gasteiger partial charge in [-0.3, -0.25) is 9.59 Å². The monoisotopic (exact) mass is 476 g/mol. The number of hydrogen-bond donors (Lipinski definition) is 1. The third kappa shape index (κ3) is 2.68. The Morgan fingerprint density at radius 1 is 1.06 bits per heavy atom. The number of para-hydroxylation sites is 1. The van der Waals surface area contributed by atoms with Crippen LogP contribution in [0.1, 0.15) is 36.8 Å². The van der Waals surface area contributed by atoms with Crippen molar-refractivity contribution < 1.29 is 19.1 Å². The van der Waals surface area contributed by atoms with E-state index in [2.05, 4.69) is 0 Å². The molecule has 10 nitrogen and oxygen atoms in total. The molecule has 1 aliphatic carbocycles. The molecule has 2 aliphatic heterocycles. The SMILES string of the molecule is Cn1c(=O)n2n(c1=O)[C@@H]1C[C@H]3C(=O)N(c4ccccc4)C(=O)[C@@]3(C)[C@@H](c3ccc(CO)o3)C1=CC2. The van der Waals surface area contributed by atoms with Gasteiger partial charge in [0.2, 0.25) is 11.8 Å². The van der Waals surface area contributed by atoms with E-state index in [0.717, 1.165) is 10.1 Å². The molecule has 2 amide bonds. The number of furan rings is 1. The molecule has 3 aliphatic rings. The molecule has 180 valence electrons. The maximum atomic E-state index is 14.0. The second-order valence-electron chi connectivity index (χ2n) is 9.55. The van der Waals surface area contributed by atoms with Gasteiger partial charge in [-0.15, -0.1) is 0 Å². The van der Waals surface area contributed by atoms with Crippen LogP contribution >= 0.6 is 0 Å². The van der Waals surface area contributed by atoms with E-state index in [1.807, 2.05) is 12.1 Å². The number of benzene rings is 1. The molecule has 1 N–H and O–H groups in total. The van der Waals surface area contributed by atoms with Crippen LogP contribution in [-0.4, -0.2) is 30.9 Å². The lowest BCUT2D eigenvalue weighted by Gasteiger charge is -2.46. The lowest BCUT2D eigenvalue weighted by molar-refractivity contribution is -0.129. The Hall–Kier alpha value is -3.92. The summed E-state index contributed by atoms with van der Waals surface area (Å²) in [7, 11) is 1.43. The van der Waals surface area contributed by atoms with Crippen molar-refractivity contribution in [1.82, 2.24) is 13.9 Å². The van der Waals surface area contributed by atoms with Gasteiger partial charge in [0.05, 0.1) is 35.5 Å². The Bertz CT molecular complexity index is 1520. The fourth-order valence-corrected chi connectivity index (χ4v) is 6.15. The molecule has 0 spiro atoms. The Morgan fingerprint density at radius 3 is 2.49 bits per heavy atom. The smallest absolute Gasteiger partial charge is 0.347 e.